The summed E-state index contributed by atoms with van der Waals surface area (Å²) in [5.74, 6) is 0.935. The second-order valence-electron chi connectivity index (χ2n) is 5.11. The Hall–Kier alpha value is -1.50. The number of rotatable bonds is 4. The fraction of sp³-hybridized carbons (Fsp3) is 0.474. The van der Waals surface area contributed by atoms with Crippen molar-refractivity contribution >= 4 is 0 Å². The predicted octanol–water partition coefficient (Wildman–Crippen LogP) is 6.01. The second-order valence-corrected chi connectivity index (χ2v) is 5.11. The monoisotopic (exact) mass is 274 g/mol. The Morgan fingerprint density at radius 3 is 2.15 bits per heavy atom. The van der Waals surface area contributed by atoms with Crippen LogP contribution in [0.2, 0.25) is 0 Å². The molecule has 0 N–H and O–H groups in total. The van der Waals surface area contributed by atoms with Gasteiger partial charge in [-0.25, -0.2) is 0 Å². The molecule has 0 amide bonds. The van der Waals surface area contributed by atoms with Crippen LogP contribution in [0.3, 0.4) is 0 Å². The van der Waals surface area contributed by atoms with E-state index in [-0.39, 0.29) is 6.10 Å². The van der Waals surface area contributed by atoms with E-state index in [0.29, 0.717) is 0 Å². The van der Waals surface area contributed by atoms with E-state index in [2.05, 4.69) is 65.8 Å². The summed E-state index contributed by atoms with van der Waals surface area (Å²) in [5.41, 5.74) is 5.20. The third kappa shape index (κ3) is 6.60. The van der Waals surface area contributed by atoms with E-state index in [4.69, 9.17) is 4.74 Å². The first-order valence-electron chi connectivity index (χ1n) is 7.46. The summed E-state index contributed by atoms with van der Waals surface area (Å²) < 4.78 is 5.87. The molecule has 1 nitrogen and oxygen atoms in total. The fourth-order valence-corrected chi connectivity index (χ4v) is 1.49. The molecular formula is C19H30O. The topological polar surface area (TPSA) is 9.23 Å². The Morgan fingerprint density at radius 2 is 1.65 bits per heavy atom. The normalized spacial score (nSPS) is 11.6. The van der Waals surface area contributed by atoms with E-state index in [0.717, 1.165) is 5.75 Å². The standard InChI is InChI=1S/C17H24O.C2H6/c1-12(2)13(3)7-9-16(6)18-17-10-8-14(4)15(5)11-17;1-2/h7-11,16H,1-6H3;1-2H3/b9-7-;. The van der Waals surface area contributed by atoms with Crippen molar-refractivity contribution in [2.45, 2.75) is 61.5 Å². The van der Waals surface area contributed by atoms with Gasteiger partial charge in [0.25, 0.3) is 0 Å². The van der Waals surface area contributed by atoms with E-state index in [1.165, 1.54) is 22.3 Å². The van der Waals surface area contributed by atoms with Crippen LogP contribution in [0.4, 0.5) is 0 Å². The minimum atomic E-state index is 0.0846. The van der Waals surface area contributed by atoms with Crippen LogP contribution in [-0.4, -0.2) is 6.10 Å². The van der Waals surface area contributed by atoms with Crippen LogP contribution >= 0.6 is 0 Å². The van der Waals surface area contributed by atoms with Gasteiger partial charge in [-0.1, -0.05) is 37.1 Å². The summed E-state index contributed by atoms with van der Waals surface area (Å²) in [6, 6.07) is 6.22. The van der Waals surface area contributed by atoms with Crippen molar-refractivity contribution in [3.05, 3.63) is 52.6 Å². The highest BCUT2D eigenvalue weighted by Gasteiger charge is 2.01. The third-order valence-electron chi connectivity index (χ3n) is 3.21. The van der Waals surface area contributed by atoms with Crippen molar-refractivity contribution in [1.29, 1.82) is 0 Å². The van der Waals surface area contributed by atoms with Gasteiger partial charge in [0.1, 0.15) is 11.9 Å². The Kier molecular flexibility index (Phi) is 8.71. The highest BCUT2D eigenvalue weighted by molar-refractivity contribution is 5.34. The third-order valence-corrected chi connectivity index (χ3v) is 3.21. The van der Waals surface area contributed by atoms with Crippen LogP contribution in [-0.2, 0) is 0 Å². The number of benzene rings is 1. The summed E-state index contributed by atoms with van der Waals surface area (Å²) >= 11 is 0. The molecule has 0 radical (unpaired) electrons. The molecular weight excluding hydrogens is 244 g/mol. The highest BCUT2D eigenvalue weighted by atomic mass is 16.5. The summed E-state index contributed by atoms with van der Waals surface area (Å²) in [5, 5.41) is 0. The van der Waals surface area contributed by atoms with Crippen molar-refractivity contribution in [3.8, 4) is 5.75 Å². The number of hydrogen-bond acceptors (Lipinski definition) is 1. The molecule has 0 saturated heterocycles. The molecule has 1 aromatic carbocycles. The Bertz CT molecular complexity index is 463. The van der Waals surface area contributed by atoms with Gasteiger partial charge in [-0.3, -0.25) is 0 Å². The molecule has 20 heavy (non-hydrogen) atoms. The first-order chi connectivity index (χ1) is 9.40. The molecule has 0 aliphatic heterocycles. The molecule has 0 spiro atoms. The van der Waals surface area contributed by atoms with E-state index in [1.807, 2.05) is 19.9 Å². The van der Waals surface area contributed by atoms with Crippen LogP contribution in [0, 0.1) is 13.8 Å². The van der Waals surface area contributed by atoms with Crippen molar-refractivity contribution in [2.24, 2.45) is 0 Å². The molecule has 1 aromatic rings. The molecule has 1 heteroatoms. The Labute approximate surface area is 125 Å². The molecule has 0 aliphatic carbocycles. The highest BCUT2D eigenvalue weighted by Crippen LogP contribution is 2.18. The number of aryl methyl sites for hydroxylation is 2. The zero-order valence-corrected chi connectivity index (χ0v) is 14.4. The first kappa shape index (κ1) is 18.5. The van der Waals surface area contributed by atoms with Crippen LogP contribution in [0.1, 0.15) is 52.7 Å². The lowest BCUT2D eigenvalue weighted by Gasteiger charge is -2.12. The number of allylic oxidation sites excluding steroid dienone is 3. The van der Waals surface area contributed by atoms with Crippen LogP contribution in [0.15, 0.2) is 41.5 Å². The minimum absolute atomic E-state index is 0.0846. The maximum atomic E-state index is 5.87. The quantitative estimate of drug-likeness (QED) is 0.611. The van der Waals surface area contributed by atoms with E-state index in [9.17, 15) is 0 Å². The van der Waals surface area contributed by atoms with E-state index in [1.54, 1.807) is 0 Å². The SMILES string of the molecule is CC.CC(C)=C(C)/C=C\C(C)Oc1ccc(C)c(C)c1. The van der Waals surface area contributed by atoms with Gasteiger partial charge in [-0.15, -0.1) is 0 Å². The fourth-order valence-electron chi connectivity index (χ4n) is 1.49. The largest absolute Gasteiger partial charge is 0.487 e. The molecule has 0 bridgehead atoms. The summed E-state index contributed by atoms with van der Waals surface area (Å²) in [6.07, 6.45) is 4.31. The minimum Gasteiger partial charge on any atom is -0.487 e. The number of ether oxygens (including phenoxy) is 1. The lowest BCUT2D eigenvalue weighted by atomic mass is 10.1. The average Bonchev–Trinajstić information content (AvgIpc) is 2.42. The zero-order chi connectivity index (χ0) is 15.7. The summed E-state index contributed by atoms with van der Waals surface area (Å²) in [6.45, 7) is 16.6. The Balaban J connectivity index is 0.00000172. The van der Waals surface area contributed by atoms with Gasteiger partial charge in [-0.2, -0.15) is 0 Å². The van der Waals surface area contributed by atoms with Gasteiger partial charge in [0.05, 0.1) is 0 Å². The molecule has 1 rings (SSSR count). The maximum Gasteiger partial charge on any atom is 0.120 e. The average molecular weight is 274 g/mol. The predicted molar refractivity (Wildman–Crippen MR) is 90.5 cm³/mol. The van der Waals surface area contributed by atoms with E-state index >= 15 is 0 Å². The smallest absolute Gasteiger partial charge is 0.120 e. The number of hydrogen-bond donors (Lipinski definition) is 0. The van der Waals surface area contributed by atoms with Crippen molar-refractivity contribution < 1.29 is 4.74 Å². The summed E-state index contributed by atoms with van der Waals surface area (Å²) in [7, 11) is 0. The molecule has 0 aliphatic rings. The molecule has 112 valence electrons. The van der Waals surface area contributed by atoms with Crippen LogP contribution in [0.5, 0.6) is 5.75 Å². The molecule has 0 heterocycles. The van der Waals surface area contributed by atoms with Crippen molar-refractivity contribution in [1.82, 2.24) is 0 Å². The van der Waals surface area contributed by atoms with Crippen LogP contribution in [0.25, 0.3) is 0 Å². The Morgan fingerprint density at radius 1 is 1.05 bits per heavy atom. The second kappa shape index (κ2) is 9.41. The molecule has 1 atom stereocenters. The lowest BCUT2D eigenvalue weighted by molar-refractivity contribution is 0.269. The zero-order valence-electron chi connectivity index (χ0n) is 14.4. The first-order valence-corrected chi connectivity index (χ1v) is 7.46. The van der Waals surface area contributed by atoms with Gasteiger partial charge in [0, 0.05) is 0 Å². The van der Waals surface area contributed by atoms with Gasteiger partial charge >= 0.3 is 0 Å². The van der Waals surface area contributed by atoms with Gasteiger partial charge in [0.2, 0.25) is 0 Å². The molecule has 0 fully saturated rings. The lowest BCUT2D eigenvalue weighted by Crippen LogP contribution is -2.08. The van der Waals surface area contributed by atoms with Crippen molar-refractivity contribution in [2.75, 3.05) is 0 Å². The van der Waals surface area contributed by atoms with Crippen molar-refractivity contribution in [3.63, 3.8) is 0 Å². The van der Waals surface area contributed by atoms with Crippen LogP contribution < -0.4 is 4.74 Å². The van der Waals surface area contributed by atoms with Gasteiger partial charge in [0.15, 0.2) is 0 Å². The van der Waals surface area contributed by atoms with E-state index < -0.39 is 0 Å². The van der Waals surface area contributed by atoms with Gasteiger partial charge in [-0.05, 0) is 70.9 Å². The molecule has 0 aromatic heterocycles. The van der Waals surface area contributed by atoms with Gasteiger partial charge < -0.3 is 4.74 Å². The molecule has 1 unspecified atom stereocenters. The summed E-state index contributed by atoms with van der Waals surface area (Å²) in [4.78, 5) is 0. The maximum absolute atomic E-state index is 5.87. The molecule has 0 saturated carbocycles.